The van der Waals surface area contributed by atoms with Gasteiger partial charge in [-0.25, -0.2) is 12.8 Å². The fraction of sp³-hybridized carbons (Fsp3) is 0.333. The average molecular weight is 421 g/mol. The molecule has 148 valence electrons. The fourth-order valence-corrected chi connectivity index (χ4v) is 6.95. The molecule has 3 rings (SSSR count). The third-order valence-corrected chi connectivity index (χ3v) is 8.81. The molecular formula is C21H21FO4S2. The monoisotopic (exact) mass is 420 g/mol. The summed E-state index contributed by atoms with van der Waals surface area (Å²) in [5.74, 6) is 5.94. The summed E-state index contributed by atoms with van der Waals surface area (Å²) in [5.41, 5.74) is 0. The van der Waals surface area contributed by atoms with Crippen LogP contribution in [0.1, 0.15) is 19.3 Å². The zero-order valence-corrected chi connectivity index (χ0v) is 16.8. The summed E-state index contributed by atoms with van der Waals surface area (Å²) in [6.45, 7) is 0.195. The number of thioether (sulfide) groups is 1. The van der Waals surface area contributed by atoms with Gasteiger partial charge in [-0.3, -0.25) is 0 Å². The number of sulfone groups is 1. The van der Waals surface area contributed by atoms with Crippen LogP contribution in [0.2, 0.25) is 0 Å². The second-order valence-electron chi connectivity index (χ2n) is 6.39. The third-order valence-electron chi connectivity index (χ3n) is 4.41. The van der Waals surface area contributed by atoms with Crippen LogP contribution in [0, 0.1) is 17.7 Å². The summed E-state index contributed by atoms with van der Waals surface area (Å²) in [6.07, 6.45) is 1.24. The molecule has 0 aromatic heterocycles. The van der Waals surface area contributed by atoms with E-state index in [0.29, 0.717) is 25.2 Å². The number of aliphatic hydroxyl groups excluding tert-OH is 1. The van der Waals surface area contributed by atoms with Gasteiger partial charge in [-0.2, -0.15) is 0 Å². The molecule has 2 atom stereocenters. The molecule has 28 heavy (non-hydrogen) atoms. The van der Waals surface area contributed by atoms with Gasteiger partial charge in [0.1, 0.15) is 18.2 Å². The Morgan fingerprint density at radius 2 is 1.89 bits per heavy atom. The van der Waals surface area contributed by atoms with Crippen molar-refractivity contribution >= 4 is 21.6 Å². The van der Waals surface area contributed by atoms with Crippen molar-refractivity contribution in [1.29, 1.82) is 0 Å². The van der Waals surface area contributed by atoms with Gasteiger partial charge in [0.25, 0.3) is 0 Å². The quantitative estimate of drug-likeness (QED) is 0.723. The molecule has 0 unspecified atom stereocenters. The van der Waals surface area contributed by atoms with Crippen LogP contribution in [0.15, 0.2) is 59.5 Å². The topological polar surface area (TPSA) is 63.6 Å². The van der Waals surface area contributed by atoms with Crippen molar-refractivity contribution in [3.8, 4) is 17.6 Å². The van der Waals surface area contributed by atoms with E-state index in [1.54, 1.807) is 42.5 Å². The van der Waals surface area contributed by atoms with Crippen molar-refractivity contribution in [3.05, 3.63) is 60.4 Å². The molecule has 0 saturated carbocycles. The van der Waals surface area contributed by atoms with Crippen LogP contribution in [0.3, 0.4) is 0 Å². The predicted octanol–water partition coefficient (Wildman–Crippen LogP) is 3.66. The van der Waals surface area contributed by atoms with E-state index in [2.05, 4.69) is 11.8 Å². The van der Waals surface area contributed by atoms with Gasteiger partial charge < -0.3 is 9.84 Å². The van der Waals surface area contributed by atoms with E-state index in [9.17, 15) is 12.8 Å². The maximum Gasteiger partial charge on any atom is 0.204 e. The highest BCUT2D eigenvalue weighted by Crippen LogP contribution is 2.49. The number of benzene rings is 2. The second kappa shape index (κ2) is 8.99. The van der Waals surface area contributed by atoms with Crippen LogP contribution >= 0.6 is 11.8 Å². The summed E-state index contributed by atoms with van der Waals surface area (Å²) in [6, 6.07) is 14.0. The summed E-state index contributed by atoms with van der Waals surface area (Å²) in [4.78, 5) is 0.237. The van der Waals surface area contributed by atoms with Crippen molar-refractivity contribution in [2.24, 2.45) is 0 Å². The first-order valence-corrected chi connectivity index (χ1v) is 11.3. The molecule has 2 aromatic carbocycles. The lowest BCUT2D eigenvalue weighted by Crippen LogP contribution is -2.31. The van der Waals surface area contributed by atoms with E-state index in [1.807, 2.05) is 0 Å². The molecule has 1 saturated heterocycles. The van der Waals surface area contributed by atoms with Crippen LogP contribution in [-0.2, 0) is 9.84 Å². The molecule has 1 aliphatic rings. The first-order valence-electron chi connectivity index (χ1n) is 8.94. The normalized spacial score (nSPS) is 21.7. The van der Waals surface area contributed by atoms with Gasteiger partial charge in [-0.15, -0.1) is 11.8 Å². The Balaban J connectivity index is 1.80. The Labute approximate surface area is 169 Å². The lowest BCUT2D eigenvalue weighted by molar-refractivity contribution is 0.305. The van der Waals surface area contributed by atoms with Gasteiger partial charge in [0.05, 0.1) is 11.5 Å². The van der Waals surface area contributed by atoms with E-state index in [-0.39, 0.29) is 29.0 Å². The molecule has 4 nitrogen and oxygen atoms in total. The molecule has 0 amide bonds. The zero-order chi connectivity index (χ0) is 20.0. The summed E-state index contributed by atoms with van der Waals surface area (Å²) < 4.78 is 44.1. The van der Waals surface area contributed by atoms with E-state index >= 15 is 0 Å². The Morgan fingerprint density at radius 1 is 1.18 bits per heavy atom. The highest BCUT2D eigenvalue weighted by molar-refractivity contribution is 8.15. The molecule has 0 radical (unpaired) electrons. The van der Waals surface area contributed by atoms with Crippen molar-refractivity contribution in [3.63, 3.8) is 0 Å². The Kier molecular flexibility index (Phi) is 6.65. The molecule has 1 aliphatic heterocycles. The molecule has 0 bridgehead atoms. The number of rotatable bonds is 6. The first-order chi connectivity index (χ1) is 13.5. The zero-order valence-electron chi connectivity index (χ0n) is 15.2. The smallest absolute Gasteiger partial charge is 0.204 e. The third kappa shape index (κ3) is 4.52. The maximum atomic E-state index is 13.3. The van der Waals surface area contributed by atoms with Crippen LogP contribution in [-0.4, -0.2) is 36.1 Å². The predicted molar refractivity (Wildman–Crippen MR) is 108 cm³/mol. The van der Waals surface area contributed by atoms with Crippen molar-refractivity contribution < 1.29 is 22.7 Å². The van der Waals surface area contributed by atoms with Gasteiger partial charge in [-0.1, -0.05) is 30.0 Å². The van der Waals surface area contributed by atoms with E-state index in [1.165, 1.54) is 23.9 Å². The van der Waals surface area contributed by atoms with Crippen LogP contribution in [0.25, 0.3) is 0 Å². The fourth-order valence-electron chi connectivity index (χ4n) is 2.98. The Hall–Kier alpha value is -2.01. The minimum atomic E-state index is -3.70. The standard InChI is InChI=1S/C21H21FO4S2/c22-17-8-10-18(11-9-17)26-16-19-12-14-21(27-19,13-4-5-15-23)28(24,25)20-6-2-1-3-7-20/h1-3,6-11,19,23H,5,12,14-16H2/t19-,21-/m0/s1. The molecular weight excluding hydrogens is 399 g/mol. The lowest BCUT2D eigenvalue weighted by atomic mass is 10.2. The molecule has 1 heterocycles. The van der Waals surface area contributed by atoms with E-state index in [0.717, 1.165) is 0 Å². The maximum absolute atomic E-state index is 13.3. The number of aliphatic hydroxyl groups is 1. The molecule has 7 heteroatoms. The van der Waals surface area contributed by atoms with Crippen molar-refractivity contribution in [1.82, 2.24) is 0 Å². The molecule has 2 aromatic rings. The number of hydrogen-bond acceptors (Lipinski definition) is 5. The van der Waals surface area contributed by atoms with E-state index < -0.39 is 13.9 Å². The minimum Gasteiger partial charge on any atom is -0.492 e. The largest absolute Gasteiger partial charge is 0.492 e. The van der Waals surface area contributed by atoms with Crippen LogP contribution < -0.4 is 4.74 Å². The van der Waals surface area contributed by atoms with Crippen molar-refractivity contribution in [2.75, 3.05) is 13.2 Å². The molecule has 1 N–H and O–H groups in total. The number of ether oxygens (including phenoxy) is 1. The summed E-state index contributed by atoms with van der Waals surface area (Å²) in [5, 5.41) is 8.96. The second-order valence-corrected chi connectivity index (χ2v) is 10.4. The number of hydrogen-bond donors (Lipinski definition) is 1. The SMILES string of the molecule is O=S(=O)(c1ccccc1)[C@@]1(C#CCCO)CC[C@@H](COc2ccc(F)cc2)S1. The van der Waals surface area contributed by atoms with Gasteiger partial charge in [0, 0.05) is 11.7 Å². The first kappa shape index (κ1) is 20.7. The van der Waals surface area contributed by atoms with Gasteiger partial charge in [0.15, 0.2) is 4.08 Å². The highest BCUT2D eigenvalue weighted by atomic mass is 32.3. The molecule has 1 fully saturated rings. The lowest BCUT2D eigenvalue weighted by Gasteiger charge is -2.23. The summed E-state index contributed by atoms with van der Waals surface area (Å²) >= 11 is 1.29. The van der Waals surface area contributed by atoms with Crippen molar-refractivity contribution in [2.45, 2.75) is 33.5 Å². The summed E-state index contributed by atoms with van der Waals surface area (Å²) in [7, 11) is -3.70. The minimum absolute atomic E-state index is 0.0630. The Morgan fingerprint density at radius 3 is 2.57 bits per heavy atom. The van der Waals surface area contributed by atoms with Crippen LogP contribution in [0.4, 0.5) is 4.39 Å². The molecule has 0 aliphatic carbocycles. The van der Waals surface area contributed by atoms with E-state index in [4.69, 9.17) is 9.84 Å². The average Bonchev–Trinajstić information content (AvgIpc) is 3.14. The van der Waals surface area contributed by atoms with Crippen LogP contribution in [0.5, 0.6) is 5.75 Å². The van der Waals surface area contributed by atoms with Gasteiger partial charge in [-0.05, 0) is 49.2 Å². The van der Waals surface area contributed by atoms with Gasteiger partial charge >= 0.3 is 0 Å². The van der Waals surface area contributed by atoms with Gasteiger partial charge in [0.2, 0.25) is 9.84 Å². The Bertz CT molecular complexity index is 949. The number of halogens is 1. The molecule has 0 spiro atoms. The highest BCUT2D eigenvalue weighted by Gasteiger charge is 2.50.